The van der Waals surface area contributed by atoms with E-state index >= 15 is 0 Å². The van der Waals surface area contributed by atoms with Crippen LogP contribution in [0.4, 0.5) is 0 Å². The molecule has 0 spiro atoms. The van der Waals surface area contributed by atoms with Crippen LogP contribution < -0.4 is 14.8 Å². The van der Waals surface area contributed by atoms with Gasteiger partial charge in [0.2, 0.25) is 0 Å². The van der Waals surface area contributed by atoms with E-state index in [9.17, 15) is 14.4 Å². The summed E-state index contributed by atoms with van der Waals surface area (Å²) in [5, 5.41) is 2.33. The molecule has 2 aromatic rings. The Labute approximate surface area is 236 Å². The maximum Gasteiger partial charge on any atom is 0.355 e. The molecule has 2 saturated heterocycles. The topological polar surface area (TPSA) is 113 Å². The lowest BCUT2D eigenvalue weighted by molar-refractivity contribution is -0.153. The summed E-state index contributed by atoms with van der Waals surface area (Å²) in [5.41, 5.74) is 1.72. The first-order chi connectivity index (χ1) is 19.5. The average Bonchev–Trinajstić information content (AvgIpc) is 3.46. The van der Waals surface area contributed by atoms with Gasteiger partial charge in [-0.05, 0) is 48.2 Å². The van der Waals surface area contributed by atoms with Crippen molar-refractivity contribution in [3.63, 3.8) is 0 Å². The third-order valence-corrected chi connectivity index (χ3v) is 8.30. The number of nitrogens with zero attached hydrogens (tertiary/aromatic N) is 1. The van der Waals surface area contributed by atoms with E-state index in [0.717, 1.165) is 17.6 Å². The number of rotatable bonds is 11. The van der Waals surface area contributed by atoms with Gasteiger partial charge in [0, 0.05) is 12.9 Å². The number of carbonyl (C=O) groups excluding carboxylic acids is 3. The van der Waals surface area contributed by atoms with Crippen molar-refractivity contribution in [3.05, 3.63) is 71.4 Å². The molecule has 5 rings (SSSR count). The fourth-order valence-electron chi connectivity index (χ4n) is 4.97. The number of fused-ring (bicyclic) bond motifs is 1. The number of amides is 2. The third kappa shape index (κ3) is 6.11. The second kappa shape index (κ2) is 12.8. The van der Waals surface area contributed by atoms with Crippen molar-refractivity contribution in [1.82, 2.24) is 10.2 Å². The van der Waals surface area contributed by atoms with Gasteiger partial charge in [0.05, 0.1) is 25.9 Å². The standard InChI is InChI=1S/C29H32N2O8S/c1-35-15-21-12-13-23(39-21)22-17-40-28-25(30-24(32)16-37-20-6-4-3-5-7-20)27(33)31(28)26(22)29(34)38-14-18-8-10-19(36-2)11-9-18/h3-11,21,23,25,28H,12-17H2,1-2H3,(H,30,32)/t21?,23?,25-,28-/m1/s1. The summed E-state index contributed by atoms with van der Waals surface area (Å²) in [5.74, 6) is 0.348. The van der Waals surface area contributed by atoms with E-state index in [0.29, 0.717) is 30.3 Å². The molecule has 0 radical (unpaired) electrons. The second-order valence-electron chi connectivity index (χ2n) is 9.63. The number of thioether (sulfide) groups is 1. The Morgan fingerprint density at radius 3 is 2.55 bits per heavy atom. The van der Waals surface area contributed by atoms with E-state index in [1.807, 2.05) is 30.3 Å². The number of hydrogen-bond donors (Lipinski definition) is 1. The molecule has 40 heavy (non-hydrogen) atoms. The van der Waals surface area contributed by atoms with E-state index in [2.05, 4.69) is 5.32 Å². The van der Waals surface area contributed by atoms with Crippen molar-refractivity contribution >= 4 is 29.5 Å². The molecule has 0 aliphatic carbocycles. The monoisotopic (exact) mass is 568 g/mol. The molecule has 0 saturated carbocycles. The Balaban J connectivity index is 1.29. The van der Waals surface area contributed by atoms with E-state index in [1.165, 1.54) is 16.7 Å². The van der Waals surface area contributed by atoms with Gasteiger partial charge in [-0.1, -0.05) is 30.3 Å². The number of benzene rings is 2. The first-order valence-electron chi connectivity index (χ1n) is 13.1. The van der Waals surface area contributed by atoms with Crippen molar-refractivity contribution in [1.29, 1.82) is 0 Å². The van der Waals surface area contributed by atoms with Gasteiger partial charge in [-0.3, -0.25) is 14.5 Å². The molecule has 4 atom stereocenters. The summed E-state index contributed by atoms with van der Waals surface area (Å²) >= 11 is 1.49. The minimum atomic E-state index is -0.770. The van der Waals surface area contributed by atoms with Gasteiger partial charge in [-0.2, -0.15) is 0 Å². The first-order valence-corrected chi connectivity index (χ1v) is 14.1. The number of β-lactam (4-membered cyclic amide) rings is 1. The lowest BCUT2D eigenvalue weighted by Gasteiger charge is -2.50. The minimum Gasteiger partial charge on any atom is -0.497 e. The van der Waals surface area contributed by atoms with Crippen LogP contribution in [-0.4, -0.2) is 79.5 Å². The molecule has 2 aromatic carbocycles. The summed E-state index contributed by atoms with van der Waals surface area (Å²) in [6.45, 7) is 0.271. The average molecular weight is 569 g/mol. The van der Waals surface area contributed by atoms with E-state index < -0.39 is 23.3 Å². The summed E-state index contributed by atoms with van der Waals surface area (Å²) < 4.78 is 27.8. The summed E-state index contributed by atoms with van der Waals surface area (Å²) in [6.07, 6.45) is 1.10. The first kappa shape index (κ1) is 28.0. The van der Waals surface area contributed by atoms with Crippen LogP contribution in [0.3, 0.4) is 0 Å². The maximum absolute atomic E-state index is 13.5. The number of methoxy groups -OCH3 is 2. The van der Waals surface area contributed by atoms with Gasteiger partial charge in [0.1, 0.15) is 35.2 Å². The Bertz CT molecular complexity index is 1250. The molecule has 212 valence electrons. The number of carbonyl (C=O) groups is 3. The molecule has 3 heterocycles. The fourth-order valence-corrected chi connectivity index (χ4v) is 6.38. The van der Waals surface area contributed by atoms with Crippen LogP contribution in [0.15, 0.2) is 65.9 Å². The van der Waals surface area contributed by atoms with Crippen molar-refractivity contribution < 1.29 is 38.1 Å². The molecule has 0 aromatic heterocycles. The predicted molar refractivity (Wildman–Crippen MR) is 147 cm³/mol. The fraction of sp³-hybridized carbons (Fsp3) is 0.414. The number of nitrogens with one attached hydrogen (secondary N) is 1. The van der Waals surface area contributed by atoms with Crippen molar-refractivity contribution in [3.8, 4) is 11.5 Å². The molecule has 3 aliphatic heterocycles. The molecule has 10 nitrogen and oxygen atoms in total. The van der Waals surface area contributed by atoms with Gasteiger partial charge in [-0.25, -0.2) is 4.79 Å². The summed E-state index contributed by atoms with van der Waals surface area (Å²) in [6, 6.07) is 15.4. The highest BCUT2D eigenvalue weighted by Crippen LogP contribution is 2.43. The molecule has 2 fully saturated rings. The van der Waals surface area contributed by atoms with Gasteiger partial charge in [0.15, 0.2) is 6.61 Å². The minimum absolute atomic E-state index is 0.0360. The van der Waals surface area contributed by atoms with Crippen LogP contribution in [0.5, 0.6) is 11.5 Å². The number of ether oxygens (including phenoxy) is 5. The van der Waals surface area contributed by atoms with Crippen LogP contribution in [0.25, 0.3) is 0 Å². The normalized spacial score (nSPS) is 23.8. The number of hydrogen-bond acceptors (Lipinski definition) is 9. The zero-order chi connectivity index (χ0) is 28.1. The van der Waals surface area contributed by atoms with E-state index in [4.69, 9.17) is 23.7 Å². The highest BCUT2D eigenvalue weighted by atomic mass is 32.2. The van der Waals surface area contributed by atoms with Crippen molar-refractivity contribution in [2.45, 2.75) is 43.1 Å². The van der Waals surface area contributed by atoms with Crippen LogP contribution >= 0.6 is 11.8 Å². The van der Waals surface area contributed by atoms with Crippen molar-refractivity contribution in [2.24, 2.45) is 0 Å². The van der Waals surface area contributed by atoms with E-state index in [-0.39, 0.29) is 37.0 Å². The highest BCUT2D eigenvalue weighted by molar-refractivity contribution is 8.00. The van der Waals surface area contributed by atoms with Crippen LogP contribution in [0.1, 0.15) is 18.4 Å². The molecule has 2 unspecified atom stereocenters. The smallest absolute Gasteiger partial charge is 0.355 e. The molecule has 1 N–H and O–H groups in total. The van der Waals surface area contributed by atoms with Gasteiger partial charge in [-0.15, -0.1) is 11.8 Å². The molecule has 3 aliphatic rings. The maximum atomic E-state index is 13.5. The molecule has 0 bridgehead atoms. The molecular weight excluding hydrogens is 536 g/mol. The van der Waals surface area contributed by atoms with E-state index in [1.54, 1.807) is 38.5 Å². The van der Waals surface area contributed by atoms with Crippen LogP contribution in [-0.2, 0) is 35.2 Å². The Hall–Kier alpha value is -3.54. The Kier molecular flexibility index (Phi) is 8.93. The van der Waals surface area contributed by atoms with Crippen LogP contribution in [0, 0.1) is 0 Å². The van der Waals surface area contributed by atoms with Crippen LogP contribution in [0.2, 0.25) is 0 Å². The second-order valence-corrected chi connectivity index (χ2v) is 10.7. The van der Waals surface area contributed by atoms with Gasteiger partial charge < -0.3 is 29.0 Å². The van der Waals surface area contributed by atoms with Gasteiger partial charge in [0.25, 0.3) is 11.8 Å². The molecular formula is C29H32N2O8S. The number of para-hydroxylation sites is 1. The SMILES string of the molecule is COCC1CCC(C2=C(C(=O)OCc3ccc(OC)cc3)N3C(=O)[C@@H](NC(=O)COc4ccccc4)[C@H]3SC2)O1. The summed E-state index contributed by atoms with van der Waals surface area (Å²) in [4.78, 5) is 40.8. The lowest BCUT2D eigenvalue weighted by atomic mass is 9.99. The third-order valence-electron chi connectivity index (χ3n) is 7.00. The Morgan fingerprint density at radius 2 is 1.82 bits per heavy atom. The zero-order valence-corrected chi connectivity index (χ0v) is 23.2. The number of esters is 1. The largest absolute Gasteiger partial charge is 0.497 e. The highest BCUT2D eigenvalue weighted by Gasteiger charge is 2.55. The van der Waals surface area contributed by atoms with Crippen molar-refractivity contribution in [2.75, 3.05) is 33.2 Å². The van der Waals surface area contributed by atoms with Gasteiger partial charge >= 0.3 is 5.97 Å². The summed E-state index contributed by atoms with van der Waals surface area (Å²) in [7, 11) is 3.20. The molecule has 2 amide bonds. The quantitative estimate of drug-likeness (QED) is 0.323. The predicted octanol–water partition coefficient (Wildman–Crippen LogP) is 2.67. The lowest BCUT2D eigenvalue weighted by Crippen LogP contribution is -2.71. The Morgan fingerprint density at radius 1 is 1.05 bits per heavy atom. The molecule has 11 heteroatoms. The zero-order valence-electron chi connectivity index (χ0n) is 22.4.